The number of nitrogens with zero attached hydrogens (tertiary/aromatic N) is 1. The van der Waals surface area contributed by atoms with Crippen molar-refractivity contribution in [3.63, 3.8) is 0 Å². The number of hydrogen-bond acceptors (Lipinski definition) is 3. The van der Waals surface area contributed by atoms with Gasteiger partial charge in [-0.15, -0.1) is 0 Å². The molecule has 1 aliphatic carbocycles. The molecule has 3 heteroatoms. The first-order valence-corrected chi connectivity index (χ1v) is 6.45. The number of benzene rings is 1. The maximum absolute atomic E-state index is 10.5. The molecule has 1 aliphatic rings. The molecule has 0 bridgehead atoms. The van der Waals surface area contributed by atoms with Gasteiger partial charge in [0.15, 0.2) is 0 Å². The average molecular weight is 253 g/mol. The number of fused-ring (bicyclic) bond motifs is 1. The molecule has 2 atom stereocenters. The summed E-state index contributed by atoms with van der Waals surface area (Å²) in [5.74, 6) is 0.473. The van der Waals surface area contributed by atoms with Crippen molar-refractivity contribution in [1.82, 2.24) is 0 Å². The molecule has 3 nitrogen and oxygen atoms in total. The SMILES string of the molecule is N#CC1(C(O)c2ccco2)CCc2ccccc2C1. The summed E-state index contributed by atoms with van der Waals surface area (Å²) in [4.78, 5) is 0. The van der Waals surface area contributed by atoms with Gasteiger partial charge in [0.05, 0.1) is 17.7 Å². The van der Waals surface area contributed by atoms with Crippen LogP contribution in [0.5, 0.6) is 0 Å². The van der Waals surface area contributed by atoms with E-state index in [1.807, 2.05) is 18.2 Å². The fourth-order valence-electron chi connectivity index (χ4n) is 2.87. The third-order valence-electron chi connectivity index (χ3n) is 4.02. The summed E-state index contributed by atoms with van der Waals surface area (Å²) < 4.78 is 5.26. The van der Waals surface area contributed by atoms with Crippen molar-refractivity contribution in [2.24, 2.45) is 5.41 Å². The van der Waals surface area contributed by atoms with Crippen molar-refractivity contribution >= 4 is 0 Å². The van der Waals surface area contributed by atoms with Crippen molar-refractivity contribution in [2.75, 3.05) is 0 Å². The molecular formula is C16H15NO2. The molecule has 0 fully saturated rings. The zero-order valence-electron chi connectivity index (χ0n) is 10.5. The summed E-state index contributed by atoms with van der Waals surface area (Å²) in [5.41, 5.74) is 1.65. The van der Waals surface area contributed by atoms with E-state index in [4.69, 9.17) is 4.42 Å². The summed E-state index contributed by atoms with van der Waals surface area (Å²) in [6.07, 6.45) is 2.70. The van der Waals surface area contributed by atoms with Crippen LogP contribution in [0.25, 0.3) is 0 Å². The Morgan fingerprint density at radius 3 is 2.68 bits per heavy atom. The molecule has 19 heavy (non-hydrogen) atoms. The Kier molecular flexibility index (Phi) is 2.88. The van der Waals surface area contributed by atoms with E-state index < -0.39 is 11.5 Å². The van der Waals surface area contributed by atoms with E-state index in [9.17, 15) is 10.4 Å². The summed E-state index contributed by atoms with van der Waals surface area (Å²) in [5, 5.41) is 20.1. The fourth-order valence-corrected chi connectivity index (χ4v) is 2.87. The average Bonchev–Trinajstić information content (AvgIpc) is 3.00. The largest absolute Gasteiger partial charge is 0.467 e. The first kappa shape index (κ1) is 12.0. The molecule has 0 amide bonds. The zero-order valence-corrected chi connectivity index (χ0v) is 10.5. The second-order valence-corrected chi connectivity index (χ2v) is 5.13. The first-order valence-electron chi connectivity index (χ1n) is 6.45. The molecule has 3 rings (SSSR count). The summed E-state index contributed by atoms with van der Waals surface area (Å²) in [6, 6.07) is 13.9. The molecule has 2 aromatic rings. The van der Waals surface area contributed by atoms with Gasteiger partial charge in [-0.1, -0.05) is 24.3 Å². The number of furan rings is 1. The molecule has 0 radical (unpaired) electrons. The lowest BCUT2D eigenvalue weighted by Crippen LogP contribution is -2.33. The summed E-state index contributed by atoms with van der Waals surface area (Å²) in [7, 11) is 0. The molecule has 0 saturated heterocycles. The minimum absolute atomic E-state index is 0.473. The van der Waals surface area contributed by atoms with Crippen LogP contribution in [0.2, 0.25) is 0 Å². The molecule has 1 heterocycles. The maximum atomic E-state index is 10.5. The lowest BCUT2D eigenvalue weighted by Gasteiger charge is -2.35. The van der Waals surface area contributed by atoms with Gasteiger partial charge in [-0.2, -0.15) is 5.26 Å². The molecule has 0 saturated carbocycles. The van der Waals surface area contributed by atoms with Crippen LogP contribution in [-0.4, -0.2) is 5.11 Å². The van der Waals surface area contributed by atoms with E-state index in [2.05, 4.69) is 12.1 Å². The van der Waals surface area contributed by atoms with Crippen LogP contribution in [0.1, 0.15) is 29.4 Å². The standard InChI is InChI=1S/C16H15NO2/c17-11-16(15(18)14-6-3-9-19-14)8-7-12-4-1-2-5-13(12)10-16/h1-6,9,15,18H,7-8,10H2. The minimum atomic E-state index is -0.874. The number of rotatable bonds is 2. The van der Waals surface area contributed by atoms with Gasteiger partial charge >= 0.3 is 0 Å². The molecule has 1 aromatic carbocycles. The quantitative estimate of drug-likeness (QED) is 0.895. The highest BCUT2D eigenvalue weighted by molar-refractivity contribution is 5.34. The highest BCUT2D eigenvalue weighted by Crippen LogP contribution is 2.44. The lowest BCUT2D eigenvalue weighted by molar-refractivity contribution is 0.0347. The van der Waals surface area contributed by atoms with Gasteiger partial charge in [-0.25, -0.2) is 0 Å². The van der Waals surface area contributed by atoms with Gasteiger partial charge in [0.25, 0.3) is 0 Å². The van der Waals surface area contributed by atoms with Gasteiger partial charge in [-0.3, -0.25) is 0 Å². The van der Waals surface area contributed by atoms with E-state index >= 15 is 0 Å². The van der Waals surface area contributed by atoms with Crippen LogP contribution in [-0.2, 0) is 12.8 Å². The van der Waals surface area contributed by atoms with E-state index in [1.54, 1.807) is 12.1 Å². The third-order valence-corrected chi connectivity index (χ3v) is 4.02. The monoisotopic (exact) mass is 253 g/mol. The lowest BCUT2D eigenvalue weighted by atomic mass is 9.68. The van der Waals surface area contributed by atoms with E-state index in [1.165, 1.54) is 11.8 Å². The van der Waals surface area contributed by atoms with Crippen LogP contribution >= 0.6 is 0 Å². The van der Waals surface area contributed by atoms with Crippen molar-refractivity contribution < 1.29 is 9.52 Å². The van der Waals surface area contributed by atoms with Crippen LogP contribution in [0.4, 0.5) is 0 Å². The second-order valence-electron chi connectivity index (χ2n) is 5.13. The van der Waals surface area contributed by atoms with Crippen molar-refractivity contribution in [1.29, 1.82) is 5.26 Å². The summed E-state index contributed by atoms with van der Waals surface area (Å²) in [6.45, 7) is 0. The molecular weight excluding hydrogens is 238 g/mol. The van der Waals surface area contributed by atoms with Gasteiger partial charge < -0.3 is 9.52 Å². The Labute approximate surface area is 112 Å². The highest BCUT2D eigenvalue weighted by atomic mass is 16.4. The third kappa shape index (κ3) is 1.94. The Balaban J connectivity index is 1.97. The van der Waals surface area contributed by atoms with Gasteiger partial charge in [0.2, 0.25) is 0 Å². The van der Waals surface area contributed by atoms with Gasteiger partial charge in [0.1, 0.15) is 11.9 Å². The van der Waals surface area contributed by atoms with E-state index in [-0.39, 0.29) is 0 Å². The Morgan fingerprint density at radius 1 is 1.21 bits per heavy atom. The highest BCUT2D eigenvalue weighted by Gasteiger charge is 2.43. The predicted molar refractivity (Wildman–Crippen MR) is 70.2 cm³/mol. The Morgan fingerprint density at radius 2 is 2.00 bits per heavy atom. The smallest absolute Gasteiger partial charge is 0.133 e. The Bertz CT molecular complexity index is 612. The maximum Gasteiger partial charge on any atom is 0.133 e. The molecule has 2 unspecified atom stereocenters. The van der Waals surface area contributed by atoms with Crippen molar-refractivity contribution in [3.05, 3.63) is 59.5 Å². The van der Waals surface area contributed by atoms with Gasteiger partial charge in [-0.05, 0) is 42.5 Å². The molecule has 1 aromatic heterocycles. The summed E-state index contributed by atoms with van der Waals surface area (Å²) >= 11 is 0. The van der Waals surface area contributed by atoms with Crippen molar-refractivity contribution in [2.45, 2.75) is 25.4 Å². The molecule has 96 valence electrons. The van der Waals surface area contributed by atoms with E-state index in [0.717, 1.165) is 12.0 Å². The number of nitriles is 1. The first-order chi connectivity index (χ1) is 9.25. The van der Waals surface area contributed by atoms with Crippen LogP contribution in [0, 0.1) is 16.7 Å². The number of aryl methyl sites for hydroxylation is 1. The fraction of sp³-hybridized carbons (Fsp3) is 0.312. The topological polar surface area (TPSA) is 57.2 Å². The zero-order chi connectivity index (χ0) is 13.3. The van der Waals surface area contributed by atoms with Crippen LogP contribution in [0.15, 0.2) is 47.1 Å². The molecule has 0 spiro atoms. The van der Waals surface area contributed by atoms with Crippen molar-refractivity contribution in [3.8, 4) is 6.07 Å². The minimum Gasteiger partial charge on any atom is -0.467 e. The molecule has 0 aliphatic heterocycles. The number of aliphatic hydroxyl groups is 1. The second kappa shape index (κ2) is 4.56. The normalized spacial score (nSPS) is 23.4. The van der Waals surface area contributed by atoms with Crippen LogP contribution < -0.4 is 0 Å². The number of aliphatic hydroxyl groups excluding tert-OH is 1. The van der Waals surface area contributed by atoms with Gasteiger partial charge in [0, 0.05) is 0 Å². The van der Waals surface area contributed by atoms with E-state index in [0.29, 0.717) is 18.6 Å². The number of hydrogen-bond donors (Lipinski definition) is 1. The molecule has 1 N–H and O–H groups in total. The van der Waals surface area contributed by atoms with Crippen LogP contribution in [0.3, 0.4) is 0 Å². The predicted octanol–water partition coefficient (Wildman–Crippen LogP) is 3.01. The Hall–Kier alpha value is -2.05.